The number of fused-ring (bicyclic) bond motifs is 3. The number of hydrogen-bond donors (Lipinski definition) is 0. The molecule has 3 aromatic carbocycles. The number of benzene rings is 3. The first-order valence-corrected chi connectivity index (χ1v) is 11.8. The summed E-state index contributed by atoms with van der Waals surface area (Å²) in [6.07, 6.45) is 5.68. The summed E-state index contributed by atoms with van der Waals surface area (Å²) in [4.78, 5) is 3.79. The Kier molecular flexibility index (Phi) is 4.44. The number of hydrogen-bond acceptors (Lipinski definition) is 1. The van der Waals surface area contributed by atoms with Gasteiger partial charge in [0.15, 0.2) is 11.9 Å². The van der Waals surface area contributed by atoms with Gasteiger partial charge in [0.1, 0.15) is 18.2 Å². The smallest absolute Gasteiger partial charge is 0.216 e. The number of rotatable bonds is 3. The summed E-state index contributed by atoms with van der Waals surface area (Å²) >= 11 is 0. The van der Waals surface area contributed by atoms with Crippen molar-refractivity contribution >= 4 is 27.6 Å². The predicted molar refractivity (Wildman–Crippen MR) is 138 cm³/mol. The van der Waals surface area contributed by atoms with Crippen molar-refractivity contribution in [2.45, 2.75) is 38.5 Å². The maximum atomic E-state index is 8.95. The molecule has 0 atom stereocenters. The molecule has 0 N–H and O–H groups in total. The second-order valence-electron chi connectivity index (χ2n) is 9.19. The zero-order chi connectivity index (χ0) is 25.0. The van der Waals surface area contributed by atoms with E-state index in [0.29, 0.717) is 17.3 Å². The van der Waals surface area contributed by atoms with E-state index in [-0.39, 0.29) is 0 Å². The lowest BCUT2D eigenvalue weighted by Gasteiger charge is -2.10. The molecular weight excluding hydrogens is 416 g/mol. The highest BCUT2D eigenvalue weighted by Crippen LogP contribution is 2.44. The van der Waals surface area contributed by atoms with E-state index < -0.39 is 5.89 Å². The molecule has 3 nitrogen and oxygen atoms in total. The van der Waals surface area contributed by atoms with Crippen molar-refractivity contribution in [3.05, 3.63) is 95.4 Å². The quantitative estimate of drug-likeness (QED) is 0.202. The Labute approximate surface area is 202 Å². The monoisotopic (exact) mass is 445 g/mol. The van der Waals surface area contributed by atoms with Crippen LogP contribution in [-0.4, -0.2) is 0 Å². The zero-order valence-corrected chi connectivity index (χ0v) is 19.5. The van der Waals surface area contributed by atoms with E-state index in [1.807, 2.05) is 66.3 Å². The van der Waals surface area contributed by atoms with Crippen LogP contribution in [0.4, 0.5) is 5.69 Å². The van der Waals surface area contributed by atoms with Crippen LogP contribution in [0.5, 0.6) is 0 Å². The summed E-state index contributed by atoms with van der Waals surface area (Å²) in [6, 6.07) is 20.3. The fourth-order valence-corrected chi connectivity index (χ4v) is 5.35. The molecule has 0 saturated heterocycles. The lowest BCUT2D eigenvalue weighted by Crippen LogP contribution is -2.31. The summed E-state index contributed by atoms with van der Waals surface area (Å²) in [5.74, 6) is -0.672. The molecule has 1 aliphatic rings. The third-order valence-electron chi connectivity index (χ3n) is 7.09. The van der Waals surface area contributed by atoms with Crippen molar-refractivity contribution in [1.29, 1.82) is 0 Å². The van der Waals surface area contributed by atoms with Crippen molar-refractivity contribution in [1.82, 2.24) is 0 Å². The highest BCUT2D eigenvalue weighted by molar-refractivity contribution is 6.15. The van der Waals surface area contributed by atoms with Gasteiger partial charge in [-0.15, -0.1) is 0 Å². The summed E-state index contributed by atoms with van der Waals surface area (Å²) in [5.41, 5.74) is 7.47. The Morgan fingerprint density at radius 3 is 2.41 bits per heavy atom. The van der Waals surface area contributed by atoms with Gasteiger partial charge in [-0.1, -0.05) is 67.4 Å². The van der Waals surface area contributed by atoms with Crippen LogP contribution >= 0.6 is 0 Å². The number of aromatic nitrogens is 1. The molecular formula is C31H27N2O+. The largest absolute Gasteiger partial charge is 0.456 e. The van der Waals surface area contributed by atoms with Crippen LogP contribution in [0.1, 0.15) is 45.4 Å². The van der Waals surface area contributed by atoms with E-state index in [4.69, 9.17) is 13.7 Å². The van der Waals surface area contributed by atoms with Crippen molar-refractivity contribution in [3.8, 4) is 22.4 Å². The zero-order valence-electron chi connectivity index (χ0n) is 21.5. The van der Waals surface area contributed by atoms with Crippen LogP contribution in [0.3, 0.4) is 0 Å². The lowest BCUT2D eigenvalue weighted by atomic mass is 9.96. The van der Waals surface area contributed by atoms with Gasteiger partial charge in [0.25, 0.3) is 0 Å². The van der Waals surface area contributed by atoms with E-state index >= 15 is 0 Å². The van der Waals surface area contributed by atoms with Crippen LogP contribution in [-0.2, 0) is 7.05 Å². The third-order valence-corrected chi connectivity index (χ3v) is 7.09. The minimum atomic E-state index is -0.672. The fraction of sp³-hybridized carbons (Fsp3) is 0.226. The van der Waals surface area contributed by atoms with Gasteiger partial charge < -0.3 is 4.42 Å². The summed E-state index contributed by atoms with van der Waals surface area (Å²) in [5, 5.41) is 1.96. The second kappa shape index (κ2) is 8.15. The molecule has 2 aromatic heterocycles. The van der Waals surface area contributed by atoms with Crippen molar-refractivity contribution < 1.29 is 11.7 Å². The topological polar surface area (TPSA) is 21.4 Å². The molecule has 0 unspecified atom stereocenters. The molecule has 0 radical (unpaired) electrons. The molecule has 0 aliphatic heterocycles. The molecule has 34 heavy (non-hydrogen) atoms. The highest BCUT2D eigenvalue weighted by Gasteiger charge is 2.25. The van der Waals surface area contributed by atoms with Crippen molar-refractivity contribution in [2.24, 2.45) is 7.05 Å². The first kappa shape index (κ1) is 18.5. The number of pyridine rings is 1. The van der Waals surface area contributed by atoms with E-state index in [2.05, 4.69) is 23.9 Å². The molecule has 2 heterocycles. The number of nitrogens with zero attached hydrogens (tertiary/aromatic N) is 2. The Hall–Kier alpha value is -3.90. The van der Waals surface area contributed by atoms with Crippen LogP contribution in [0.25, 0.3) is 49.2 Å². The van der Waals surface area contributed by atoms with Crippen LogP contribution in [0, 0.1) is 13.5 Å². The van der Waals surface area contributed by atoms with Crippen LogP contribution in [0.2, 0.25) is 0 Å². The fourth-order valence-electron chi connectivity index (χ4n) is 5.35. The first-order chi connectivity index (χ1) is 17.4. The molecule has 5 aromatic rings. The number of aryl methyl sites for hydroxylation is 2. The van der Waals surface area contributed by atoms with E-state index in [0.717, 1.165) is 75.5 Å². The normalized spacial score (nSPS) is 15.9. The molecule has 166 valence electrons. The van der Waals surface area contributed by atoms with Gasteiger partial charge in [0.05, 0.1) is 13.5 Å². The second-order valence-corrected chi connectivity index (χ2v) is 9.19. The molecule has 0 bridgehead atoms. The first-order valence-electron chi connectivity index (χ1n) is 12.8. The minimum absolute atomic E-state index is 0.410. The minimum Gasteiger partial charge on any atom is -0.456 e. The standard InChI is InChI=1S/C31H27N2O/c1-20-13-15-24-25-16-17-26(32-2)29(22-11-5-4-6-12-22)31(25)34-30(24)28(20)27-18-14-23(19-33(27)3)21-9-7-8-10-21/h4-6,11-19,21H,7-10H2,1,3H3/q+1/i14D,21D. The van der Waals surface area contributed by atoms with Gasteiger partial charge >= 0.3 is 0 Å². The van der Waals surface area contributed by atoms with Crippen molar-refractivity contribution in [3.63, 3.8) is 0 Å². The van der Waals surface area contributed by atoms with E-state index in [1.54, 1.807) is 0 Å². The summed E-state index contributed by atoms with van der Waals surface area (Å²) in [6.45, 7) is 9.82. The van der Waals surface area contributed by atoms with Crippen LogP contribution < -0.4 is 4.57 Å². The molecule has 1 fully saturated rings. The Morgan fingerprint density at radius 1 is 0.971 bits per heavy atom. The van der Waals surface area contributed by atoms with Gasteiger partial charge in [-0.2, -0.15) is 0 Å². The summed E-state index contributed by atoms with van der Waals surface area (Å²) < 4.78 is 26.5. The van der Waals surface area contributed by atoms with E-state index in [1.165, 1.54) is 0 Å². The van der Waals surface area contributed by atoms with Gasteiger partial charge in [-0.05, 0) is 42.8 Å². The molecule has 1 aliphatic carbocycles. The average Bonchev–Trinajstić information content (AvgIpc) is 3.49. The Morgan fingerprint density at radius 2 is 1.68 bits per heavy atom. The molecule has 0 amide bonds. The lowest BCUT2D eigenvalue weighted by molar-refractivity contribution is -0.660. The van der Waals surface area contributed by atoms with Crippen LogP contribution in [0.15, 0.2) is 77.3 Å². The Bertz CT molecular complexity index is 1690. The maximum absolute atomic E-state index is 8.95. The molecule has 6 rings (SSSR count). The Balaban J connectivity index is 1.63. The molecule has 0 spiro atoms. The maximum Gasteiger partial charge on any atom is 0.216 e. The van der Waals surface area contributed by atoms with Crippen molar-refractivity contribution in [2.75, 3.05) is 0 Å². The SMILES string of the molecule is [2H]c1cc(-c2c(C)ccc3c2oc2c(-c4ccccc4)c([N+]#[C-])ccc23)[n+](C)cc1C1([2H])CCCC1. The summed E-state index contributed by atoms with van der Waals surface area (Å²) in [7, 11) is 1.99. The number of furan rings is 1. The molecule has 1 saturated carbocycles. The van der Waals surface area contributed by atoms with Gasteiger partial charge in [0.2, 0.25) is 5.69 Å². The van der Waals surface area contributed by atoms with Gasteiger partial charge in [0, 0.05) is 29.3 Å². The third kappa shape index (κ3) is 3.22. The highest BCUT2D eigenvalue weighted by atomic mass is 16.3. The van der Waals surface area contributed by atoms with Gasteiger partial charge in [-0.25, -0.2) is 9.41 Å². The molecule has 3 heteroatoms. The van der Waals surface area contributed by atoms with E-state index in [9.17, 15) is 0 Å². The average molecular weight is 446 g/mol. The van der Waals surface area contributed by atoms with Gasteiger partial charge in [-0.3, -0.25) is 0 Å². The predicted octanol–water partition coefficient (Wildman–Crippen LogP) is 8.26.